The van der Waals surface area contributed by atoms with Gasteiger partial charge in [-0.25, -0.2) is 9.59 Å². The number of esters is 1. The maximum Gasteiger partial charge on any atom is 0.328 e. The Balaban J connectivity index is 1.13. The highest BCUT2D eigenvalue weighted by atomic mass is 16.5. The van der Waals surface area contributed by atoms with Gasteiger partial charge >= 0.3 is 12.0 Å². The average molecular weight is 485 g/mol. The predicted octanol–water partition coefficient (Wildman–Crippen LogP) is 4.71. The van der Waals surface area contributed by atoms with E-state index >= 15 is 0 Å². The van der Waals surface area contributed by atoms with E-state index in [0.717, 1.165) is 61.8 Å². The van der Waals surface area contributed by atoms with Crippen LogP contribution >= 0.6 is 0 Å². The second-order valence-corrected chi connectivity index (χ2v) is 11.3. The lowest BCUT2D eigenvalue weighted by atomic mass is 9.53. The summed E-state index contributed by atoms with van der Waals surface area (Å²) < 4.78 is 16.3. The Morgan fingerprint density at radius 1 is 1.00 bits per heavy atom. The fourth-order valence-corrected chi connectivity index (χ4v) is 7.56. The summed E-state index contributed by atoms with van der Waals surface area (Å²) in [5.74, 6) is 3.45. The average Bonchev–Trinajstić information content (AvgIpc) is 2.85. The number of carbonyl (C=O) groups excluding carboxylic acids is 2. The van der Waals surface area contributed by atoms with Crippen molar-refractivity contribution in [1.29, 1.82) is 0 Å². The number of piperidine rings is 1. The lowest BCUT2D eigenvalue weighted by Crippen LogP contribution is -2.63. The Bertz CT molecular complexity index is 897. The number of aryl methyl sites for hydroxylation is 1. The zero-order chi connectivity index (χ0) is 24.4. The molecule has 1 aliphatic heterocycles. The van der Waals surface area contributed by atoms with E-state index in [2.05, 4.69) is 5.32 Å². The van der Waals surface area contributed by atoms with Crippen LogP contribution in [-0.2, 0) is 16.0 Å². The van der Waals surface area contributed by atoms with Crippen molar-refractivity contribution in [3.05, 3.63) is 23.8 Å². The van der Waals surface area contributed by atoms with Crippen molar-refractivity contribution in [1.82, 2.24) is 10.2 Å². The first kappa shape index (κ1) is 24.3. The Hall–Kier alpha value is -2.44. The van der Waals surface area contributed by atoms with Crippen molar-refractivity contribution in [3.8, 4) is 11.5 Å². The molecule has 0 spiro atoms. The number of methoxy groups -OCH3 is 2. The number of carbonyl (C=O) groups is 2. The van der Waals surface area contributed by atoms with Crippen LogP contribution in [0.3, 0.4) is 0 Å². The Morgan fingerprint density at radius 3 is 2.34 bits per heavy atom. The third kappa shape index (κ3) is 5.24. The van der Waals surface area contributed by atoms with Gasteiger partial charge in [0.15, 0.2) is 11.5 Å². The van der Waals surface area contributed by atoms with Crippen molar-refractivity contribution < 1.29 is 23.8 Å². The molecular weight excluding hydrogens is 444 g/mol. The minimum atomic E-state index is -0.473. The monoisotopic (exact) mass is 484 g/mol. The van der Waals surface area contributed by atoms with Gasteiger partial charge in [-0.1, -0.05) is 6.07 Å². The second-order valence-electron chi connectivity index (χ2n) is 11.3. The van der Waals surface area contributed by atoms with Crippen LogP contribution in [0.1, 0.15) is 69.8 Å². The van der Waals surface area contributed by atoms with Crippen LogP contribution in [0.25, 0.3) is 0 Å². The third-order valence-corrected chi connectivity index (χ3v) is 8.75. The molecule has 1 atom stereocenters. The van der Waals surface area contributed by atoms with Gasteiger partial charge in [-0.3, -0.25) is 0 Å². The number of nitrogens with zero attached hydrogens (tertiary/aromatic N) is 1. The molecule has 1 aromatic rings. The van der Waals surface area contributed by atoms with Gasteiger partial charge in [-0.15, -0.1) is 0 Å². The number of likely N-dealkylation sites (tertiary alicyclic amines) is 1. The van der Waals surface area contributed by atoms with E-state index in [9.17, 15) is 9.59 Å². The number of hydrogen-bond acceptors (Lipinski definition) is 5. The molecule has 1 unspecified atom stereocenters. The number of amides is 2. The molecule has 5 fully saturated rings. The van der Waals surface area contributed by atoms with Crippen LogP contribution in [0.2, 0.25) is 0 Å². The minimum absolute atomic E-state index is 0.0445. The highest BCUT2D eigenvalue weighted by Crippen LogP contribution is 2.55. The van der Waals surface area contributed by atoms with E-state index in [4.69, 9.17) is 14.2 Å². The van der Waals surface area contributed by atoms with Crippen LogP contribution in [0.4, 0.5) is 4.79 Å². The largest absolute Gasteiger partial charge is 0.493 e. The van der Waals surface area contributed by atoms with Gasteiger partial charge in [-0.2, -0.15) is 0 Å². The molecule has 7 heteroatoms. The van der Waals surface area contributed by atoms with E-state index in [0.29, 0.717) is 37.5 Å². The van der Waals surface area contributed by atoms with Crippen molar-refractivity contribution in [2.45, 2.75) is 82.2 Å². The molecule has 4 aliphatic carbocycles. The molecule has 7 nitrogen and oxygen atoms in total. The van der Waals surface area contributed by atoms with Crippen molar-refractivity contribution in [2.24, 2.45) is 17.8 Å². The maximum absolute atomic E-state index is 13.4. The first-order valence-corrected chi connectivity index (χ1v) is 13.4. The molecule has 1 saturated heterocycles. The number of ether oxygens (including phenoxy) is 3. The number of hydrogen-bond donors (Lipinski definition) is 1. The van der Waals surface area contributed by atoms with Crippen LogP contribution in [-0.4, -0.2) is 55.9 Å². The lowest BCUT2D eigenvalue weighted by molar-refractivity contribution is -0.150. The first-order valence-electron chi connectivity index (χ1n) is 13.4. The fourth-order valence-electron chi connectivity index (χ4n) is 7.56. The lowest BCUT2D eigenvalue weighted by Gasteiger charge is -2.57. The van der Waals surface area contributed by atoms with E-state index in [1.807, 2.05) is 18.2 Å². The molecule has 4 bridgehead atoms. The number of benzene rings is 1. The highest BCUT2D eigenvalue weighted by Gasteiger charge is 2.52. The van der Waals surface area contributed by atoms with Gasteiger partial charge < -0.3 is 24.4 Å². The summed E-state index contributed by atoms with van der Waals surface area (Å²) in [6, 6.07) is 5.32. The Morgan fingerprint density at radius 2 is 1.69 bits per heavy atom. The molecule has 0 radical (unpaired) electrons. The third-order valence-electron chi connectivity index (χ3n) is 8.75. The summed E-state index contributed by atoms with van der Waals surface area (Å²) in [4.78, 5) is 28.2. The van der Waals surface area contributed by atoms with Crippen LogP contribution < -0.4 is 14.8 Å². The maximum atomic E-state index is 13.4. The summed E-state index contributed by atoms with van der Waals surface area (Å²) >= 11 is 0. The summed E-state index contributed by atoms with van der Waals surface area (Å²) in [6.45, 7) is 0.970. The minimum Gasteiger partial charge on any atom is -0.493 e. The van der Waals surface area contributed by atoms with Gasteiger partial charge in [0.2, 0.25) is 0 Å². The highest BCUT2D eigenvalue weighted by molar-refractivity contribution is 5.84. The molecule has 1 N–H and O–H groups in total. The van der Waals surface area contributed by atoms with Crippen molar-refractivity contribution >= 4 is 12.0 Å². The molecule has 192 valence electrons. The van der Waals surface area contributed by atoms with E-state index in [-0.39, 0.29) is 17.5 Å². The molecule has 0 aromatic heterocycles. The fraction of sp³-hybridized carbons (Fsp3) is 0.714. The van der Waals surface area contributed by atoms with Crippen molar-refractivity contribution in [2.75, 3.05) is 27.4 Å². The van der Waals surface area contributed by atoms with Gasteiger partial charge in [-0.05, 0) is 106 Å². The van der Waals surface area contributed by atoms with Crippen LogP contribution in [0, 0.1) is 17.8 Å². The molecule has 6 rings (SSSR count). The Labute approximate surface area is 208 Å². The summed E-state index contributed by atoms with van der Waals surface area (Å²) in [7, 11) is 3.24. The second kappa shape index (κ2) is 10.3. The van der Waals surface area contributed by atoms with Gasteiger partial charge in [0.25, 0.3) is 0 Å². The van der Waals surface area contributed by atoms with Gasteiger partial charge in [0, 0.05) is 12.1 Å². The summed E-state index contributed by atoms with van der Waals surface area (Å²) in [5, 5.41) is 3.45. The van der Waals surface area contributed by atoms with Crippen molar-refractivity contribution in [3.63, 3.8) is 0 Å². The number of nitrogens with one attached hydrogen (secondary N) is 1. The Kier molecular flexibility index (Phi) is 7.12. The first-order chi connectivity index (χ1) is 17.0. The van der Waals surface area contributed by atoms with E-state index in [1.165, 1.54) is 19.3 Å². The standard InChI is InChI=1S/C28H40N2O5/c1-33-24-9-8-19(15-25(24)34-2)6-5-11-35-26(31)23-7-3-4-10-30(23)27(32)29-28-16-20-12-21(17-28)14-22(13-20)18-28/h8-9,15,20-23H,3-7,10-14,16-18H2,1-2H3,(H,29,32). The number of urea groups is 1. The van der Waals surface area contributed by atoms with Crippen LogP contribution in [0.5, 0.6) is 11.5 Å². The smallest absolute Gasteiger partial charge is 0.328 e. The molecule has 35 heavy (non-hydrogen) atoms. The van der Waals surface area contributed by atoms with Gasteiger partial charge in [0.05, 0.1) is 20.8 Å². The quantitative estimate of drug-likeness (QED) is 0.427. The molecule has 4 saturated carbocycles. The summed E-state index contributed by atoms with van der Waals surface area (Å²) in [5.41, 5.74) is 1.06. The SMILES string of the molecule is COc1ccc(CCCOC(=O)C2CCCCN2C(=O)NC23CC4CC(CC(C4)C2)C3)cc1OC. The molecule has 1 heterocycles. The molecule has 2 amide bonds. The predicted molar refractivity (Wildman–Crippen MR) is 133 cm³/mol. The van der Waals surface area contributed by atoms with Crippen LogP contribution in [0.15, 0.2) is 18.2 Å². The van der Waals surface area contributed by atoms with Gasteiger partial charge in [0.1, 0.15) is 6.04 Å². The van der Waals surface area contributed by atoms with E-state index in [1.54, 1.807) is 19.1 Å². The topological polar surface area (TPSA) is 77.1 Å². The molecule has 5 aliphatic rings. The molecule has 1 aromatic carbocycles. The van der Waals surface area contributed by atoms with E-state index < -0.39 is 6.04 Å². The zero-order valence-corrected chi connectivity index (χ0v) is 21.2. The molecular formula is C28H40N2O5. The number of rotatable bonds is 8. The zero-order valence-electron chi connectivity index (χ0n) is 21.2. The summed E-state index contributed by atoms with van der Waals surface area (Å²) in [6.07, 6.45) is 11.4. The normalized spacial score (nSPS) is 31.2.